The molecule has 2 rings (SSSR count). The highest BCUT2D eigenvalue weighted by Crippen LogP contribution is 2.67. The maximum absolute atomic E-state index is 11.8. The van der Waals surface area contributed by atoms with E-state index in [2.05, 4.69) is 46.9 Å². The average Bonchev–Trinajstić information content (AvgIpc) is 2.76. The van der Waals surface area contributed by atoms with Gasteiger partial charge in [-0.15, -0.1) is 0 Å². The van der Waals surface area contributed by atoms with Crippen molar-refractivity contribution in [3.05, 3.63) is 0 Å². The van der Waals surface area contributed by atoms with Crippen LogP contribution in [-0.2, 0) is 9.53 Å². The Kier molecular flexibility index (Phi) is 6.59. The van der Waals surface area contributed by atoms with Gasteiger partial charge in [-0.2, -0.15) is 0 Å². The molecule has 1 heterocycles. The van der Waals surface area contributed by atoms with Crippen molar-refractivity contribution in [3.63, 3.8) is 0 Å². The Morgan fingerprint density at radius 3 is 2.31 bits per heavy atom. The van der Waals surface area contributed by atoms with E-state index >= 15 is 0 Å². The van der Waals surface area contributed by atoms with Gasteiger partial charge < -0.3 is 26.0 Å². The first-order valence-corrected chi connectivity index (χ1v) is 11.2. The summed E-state index contributed by atoms with van der Waals surface area (Å²) in [5.74, 6) is 0.110. The maximum Gasteiger partial charge on any atom is 0.217 e. The molecule has 170 valence electrons. The molecular weight excluding hydrogens is 368 g/mol. The zero-order valence-electron chi connectivity index (χ0n) is 19.9. The first-order chi connectivity index (χ1) is 13.1. The lowest BCUT2D eigenvalue weighted by molar-refractivity contribution is -0.205. The highest BCUT2D eigenvalue weighted by atomic mass is 16.5. The summed E-state index contributed by atoms with van der Waals surface area (Å²) in [5, 5.41) is 25.2. The van der Waals surface area contributed by atoms with Crippen molar-refractivity contribution >= 4 is 5.91 Å². The second-order valence-corrected chi connectivity index (χ2v) is 10.7. The van der Waals surface area contributed by atoms with Gasteiger partial charge >= 0.3 is 0 Å². The molecule has 0 bridgehead atoms. The van der Waals surface area contributed by atoms with E-state index in [0.717, 1.165) is 12.8 Å². The molecule has 1 amide bonds. The van der Waals surface area contributed by atoms with Crippen LogP contribution in [0.1, 0.15) is 81.6 Å². The normalized spacial score (nSPS) is 44.8. The first-order valence-electron chi connectivity index (χ1n) is 11.2. The van der Waals surface area contributed by atoms with Gasteiger partial charge in [0, 0.05) is 12.3 Å². The fraction of sp³-hybridized carbons (Fsp3) is 0.957. The van der Waals surface area contributed by atoms with Crippen LogP contribution in [0.5, 0.6) is 0 Å². The lowest BCUT2D eigenvalue weighted by atomic mass is 9.51. The number of ether oxygens (including phenoxy) is 1. The van der Waals surface area contributed by atoms with E-state index in [9.17, 15) is 15.0 Å². The molecule has 6 heteroatoms. The number of nitrogens with two attached hydrogens (primary N) is 1. The molecule has 1 saturated carbocycles. The molecule has 1 aliphatic heterocycles. The third-order valence-electron chi connectivity index (χ3n) is 9.07. The van der Waals surface area contributed by atoms with Crippen molar-refractivity contribution in [3.8, 4) is 0 Å². The standard InChI is InChI=1S/C23H44N2O4/c1-10-13(3)23(24)18(27)19-22(9,21(23,8)11-2)14(4)12-16(29-19)17(20(6,7)28)25-15(5)26/h13-14,16-19,27-28H,10-12,24H2,1-9H3,(H,25,26). The maximum atomic E-state index is 11.8. The van der Waals surface area contributed by atoms with E-state index in [1.165, 1.54) is 6.92 Å². The predicted octanol–water partition coefficient (Wildman–Crippen LogP) is 2.60. The molecule has 9 atom stereocenters. The largest absolute Gasteiger partial charge is 0.388 e. The minimum Gasteiger partial charge on any atom is -0.388 e. The number of carbonyl (C=O) groups is 1. The van der Waals surface area contributed by atoms with Gasteiger partial charge in [0.2, 0.25) is 5.91 Å². The van der Waals surface area contributed by atoms with Crippen LogP contribution in [0.25, 0.3) is 0 Å². The molecule has 0 radical (unpaired) electrons. The van der Waals surface area contributed by atoms with E-state index in [0.29, 0.717) is 6.42 Å². The number of hydrogen-bond donors (Lipinski definition) is 4. The molecule has 1 aliphatic carbocycles. The molecule has 0 aromatic rings. The molecular formula is C23H44N2O4. The lowest BCUT2D eigenvalue weighted by Gasteiger charge is -2.57. The summed E-state index contributed by atoms with van der Waals surface area (Å²) >= 11 is 0. The molecule has 29 heavy (non-hydrogen) atoms. The highest BCUT2D eigenvalue weighted by Gasteiger charge is 2.74. The Bertz CT molecular complexity index is 620. The second kappa shape index (κ2) is 7.77. The summed E-state index contributed by atoms with van der Waals surface area (Å²) in [5.41, 5.74) is 4.52. The molecule has 0 aromatic carbocycles. The Morgan fingerprint density at radius 1 is 1.34 bits per heavy atom. The predicted molar refractivity (Wildman–Crippen MR) is 115 cm³/mol. The zero-order valence-corrected chi connectivity index (χ0v) is 19.9. The van der Waals surface area contributed by atoms with Crippen LogP contribution in [0, 0.1) is 22.7 Å². The number of fused-ring (bicyclic) bond motifs is 1. The summed E-state index contributed by atoms with van der Waals surface area (Å²) < 4.78 is 6.57. The summed E-state index contributed by atoms with van der Waals surface area (Å²) in [6.45, 7) is 17.8. The minimum atomic E-state index is -1.15. The van der Waals surface area contributed by atoms with Gasteiger partial charge in [-0.3, -0.25) is 4.79 Å². The van der Waals surface area contributed by atoms with E-state index in [4.69, 9.17) is 10.5 Å². The van der Waals surface area contributed by atoms with Crippen molar-refractivity contribution in [1.82, 2.24) is 5.32 Å². The van der Waals surface area contributed by atoms with Gasteiger partial charge in [-0.05, 0) is 43.9 Å². The molecule has 0 aromatic heterocycles. The summed E-state index contributed by atoms with van der Waals surface area (Å²) in [7, 11) is 0. The monoisotopic (exact) mass is 412 g/mol. The lowest BCUT2D eigenvalue weighted by Crippen LogP contribution is -2.64. The van der Waals surface area contributed by atoms with Crippen molar-refractivity contribution in [2.75, 3.05) is 0 Å². The number of aliphatic hydroxyl groups is 2. The molecule has 5 N–H and O–H groups in total. The average molecular weight is 413 g/mol. The second-order valence-electron chi connectivity index (χ2n) is 10.7. The number of hydrogen-bond acceptors (Lipinski definition) is 5. The van der Waals surface area contributed by atoms with E-state index in [-0.39, 0.29) is 28.6 Å². The zero-order chi connectivity index (χ0) is 22.6. The Labute approximate surface area is 177 Å². The number of aliphatic hydroxyl groups excluding tert-OH is 1. The SMILES string of the molecule is CCC(C)C1(N)C(O)C2OC(C(NC(C)=O)C(C)(C)O)CC(C)C2(C)C1(C)CC. The Hall–Kier alpha value is -0.690. The highest BCUT2D eigenvalue weighted by molar-refractivity contribution is 5.73. The van der Waals surface area contributed by atoms with Crippen LogP contribution in [0.4, 0.5) is 0 Å². The summed E-state index contributed by atoms with van der Waals surface area (Å²) in [6.07, 6.45) is 0.720. The van der Waals surface area contributed by atoms with Crippen LogP contribution < -0.4 is 11.1 Å². The van der Waals surface area contributed by atoms with E-state index < -0.39 is 35.5 Å². The number of nitrogens with one attached hydrogen (secondary N) is 1. The van der Waals surface area contributed by atoms with Gasteiger partial charge in [0.05, 0.1) is 35.5 Å². The molecule has 2 fully saturated rings. The smallest absolute Gasteiger partial charge is 0.217 e. The van der Waals surface area contributed by atoms with Crippen LogP contribution >= 0.6 is 0 Å². The van der Waals surface area contributed by atoms with Crippen LogP contribution in [0.2, 0.25) is 0 Å². The van der Waals surface area contributed by atoms with E-state index in [1.807, 2.05) is 0 Å². The van der Waals surface area contributed by atoms with Crippen molar-refractivity contribution in [2.24, 2.45) is 28.4 Å². The Morgan fingerprint density at radius 2 is 1.90 bits per heavy atom. The number of rotatable bonds is 6. The summed E-state index contributed by atoms with van der Waals surface area (Å²) in [4.78, 5) is 11.8. The van der Waals surface area contributed by atoms with E-state index in [1.54, 1.807) is 13.8 Å². The van der Waals surface area contributed by atoms with Crippen LogP contribution in [-0.4, -0.2) is 51.6 Å². The third-order valence-corrected chi connectivity index (χ3v) is 9.07. The van der Waals surface area contributed by atoms with Crippen LogP contribution in [0.15, 0.2) is 0 Å². The molecule has 6 nitrogen and oxygen atoms in total. The van der Waals surface area contributed by atoms with Gasteiger partial charge in [0.25, 0.3) is 0 Å². The van der Waals surface area contributed by atoms with Crippen molar-refractivity contribution in [1.29, 1.82) is 0 Å². The fourth-order valence-electron chi connectivity index (χ4n) is 6.58. The Balaban J connectivity index is 2.54. The fourth-order valence-corrected chi connectivity index (χ4v) is 6.58. The van der Waals surface area contributed by atoms with Gasteiger partial charge in [-0.1, -0.05) is 48.0 Å². The third kappa shape index (κ3) is 3.35. The van der Waals surface area contributed by atoms with Crippen LogP contribution in [0.3, 0.4) is 0 Å². The summed E-state index contributed by atoms with van der Waals surface area (Å²) in [6, 6.07) is -0.566. The number of carbonyl (C=O) groups excluding carboxylic acids is 1. The molecule has 1 saturated heterocycles. The first kappa shape index (κ1) is 24.6. The van der Waals surface area contributed by atoms with Gasteiger partial charge in [-0.25, -0.2) is 0 Å². The number of amides is 1. The van der Waals surface area contributed by atoms with Crippen molar-refractivity contribution < 1.29 is 19.7 Å². The minimum absolute atomic E-state index is 0.125. The van der Waals surface area contributed by atoms with Crippen molar-refractivity contribution in [2.45, 2.75) is 117 Å². The topological polar surface area (TPSA) is 105 Å². The quantitative estimate of drug-likeness (QED) is 0.537. The van der Waals surface area contributed by atoms with Gasteiger partial charge in [0.15, 0.2) is 0 Å². The van der Waals surface area contributed by atoms with Gasteiger partial charge in [0.1, 0.15) is 0 Å². The molecule has 2 aliphatic rings. The molecule has 0 spiro atoms. The molecule has 9 unspecified atom stereocenters.